The Hall–Kier alpha value is -2.14. The maximum Gasteiger partial charge on any atom is 0.341 e. The molecule has 0 saturated heterocycles. The van der Waals surface area contributed by atoms with Crippen LogP contribution in [0, 0.1) is 0 Å². The van der Waals surface area contributed by atoms with Crippen molar-refractivity contribution in [3.63, 3.8) is 0 Å². The molecule has 0 aliphatic carbocycles. The first-order valence-electron chi connectivity index (χ1n) is 10.5. The minimum absolute atomic E-state index is 0.182. The van der Waals surface area contributed by atoms with Crippen LogP contribution in [0.4, 0.5) is 0 Å². The van der Waals surface area contributed by atoms with Crippen LogP contribution in [0.3, 0.4) is 0 Å². The number of aromatic nitrogens is 2. The minimum atomic E-state index is -0.375. The first-order valence-corrected chi connectivity index (χ1v) is 10.5. The molecule has 5 nitrogen and oxygen atoms in total. The first-order chi connectivity index (χ1) is 13.7. The number of nitrogens with zero attached hydrogens (tertiary/aromatic N) is 2. The fraction of sp³-hybridized carbons (Fsp3) is 0.565. The predicted octanol–water partition coefficient (Wildman–Crippen LogP) is 5.92. The molecule has 1 aromatic carbocycles. The lowest BCUT2D eigenvalue weighted by molar-refractivity contribution is -0.0248. The van der Waals surface area contributed by atoms with Gasteiger partial charge in [0.05, 0.1) is 25.5 Å². The number of ether oxygens (including phenoxy) is 2. The summed E-state index contributed by atoms with van der Waals surface area (Å²) in [6.45, 7) is 2.77. The Morgan fingerprint density at radius 1 is 1.04 bits per heavy atom. The molecule has 1 aromatic heterocycles. The van der Waals surface area contributed by atoms with Crippen molar-refractivity contribution in [3.8, 4) is 0 Å². The van der Waals surface area contributed by atoms with Crippen molar-refractivity contribution in [1.29, 1.82) is 0 Å². The van der Waals surface area contributed by atoms with Gasteiger partial charge < -0.3 is 9.47 Å². The van der Waals surface area contributed by atoms with E-state index >= 15 is 0 Å². The highest BCUT2D eigenvalue weighted by Gasteiger charge is 2.16. The maximum absolute atomic E-state index is 11.7. The Morgan fingerprint density at radius 3 is 2.39 bits per heavy atom. The predicted molar refractivity (Wildman–Crippen MR) is 111 cm³/mol. The molecule has 1 unspecified atom stereocenters. The van der Waals surface area contributed by atoms with Gasteiger partial charge in [0, 0.05) is 6.20 Å². The third kappa shape index (κ3) is 7.85. The standard InChI is InChI=1S/C23H34N2O3/c1-3-4-5-6-7-8-9-13-16-22(28-19-20-14-11-10-12-15-20)25-18-21(17-24-25)23(26)27-2/h10-12,14-15,17-18,22H,3-9,13,16,19H2,1-2H3. The van der Waals surface area contributed by atoms with E-state index in [0.29, 0.717) is 12.2 Å². The summed E-state index contributed by atoms with van der Waals surface area (Å²) in [5.74, 6) is -0.375. The van der Waals surface area contributed by atoms with Crippen LogP contribution in [0.1, 0.15) is 86.9 Å². The molecule has 0 fully saturated rings. The molecular weight excluding hydrogens is 352 g/mol. The van der Waals surface area contributed by atoms with Crippen LogP contribution in [-0.2, 0) is 16.1 Å². The van der Waals surface area contributed by atoms with E-state index in [0.717, 1.165) is 18.4 Å². The van der Waals surface area contributed by atoms with Crippen LogP contribution >= 0.6 is 0 Å². The van der Waals surface area contributed by atoms with Crippen molar-refractivity contribution in [2.45, 2.75) is 77.5 Å². The van der Waals surface area contributed by atoms with Gasteiger partial charge >= 0.3 is 5.97 Å². The Bertz CT molecular complexity index is 669. The molecule has 0 aliphatic heterocycles. The molecule has 1 heterocycles. The van der Waals surface area contributed by atoms with Crippen LogP contribution in [0.15, 0.2) is 42.7 Å². The zero-order chi connectivity index (χ0) is 20.0. The van der Waals surface area contributed by atoms with E-state index < -0.39 is 0 Å². The van der Waals surface area contributed by atoms with Crippen molar-refractivity contribution in [2.24, 2.45) is 0 Å². The molecule has 0 N–H and O–H groups in total. The minimum Gasteiger partial charge on any atom is -0.465 e. The van der Waals surface area contributed by atoms with Gasteiger partial charge in [-0.2, -0.15) is 5.10 Å². The van der Waals surface area contributed by atoms with E-state index in [2.05, 4.69) is 24.2 Å². The smallest absolute Gasteiger partial charge is 0.341 e. The molecule has 154 valence electrons. The molecule has 0 bridgehead atoms. The highest BCUT2D eigenvalue weighted by molar-refractivity contribution is 5.88. The third-order valence-corrected chi connectivity index (χ3v) is 4.91. The fourth-order valence-electron chi connectivity index (χ4n) is 3.23. The summed E-state index contributed by atoms with van der Waals surface area (Å²) in [6.07, 6.45) is 14.1. The van der Waals surface area contributed by atoms with Crippen molar-refractivity contribution in [3.05, 3.63) is 53.9 Å². The summed E-state index contributed by atoms with van der Waals surface area (Å²) in [4.78, 5) is 11.7. The number of hydrogen-bond donors (Lipinski definition) is 0. The third-order valence-electron chi connectivity index (χ3n) is 4.91. The number of unbranched alkanes of at least 4 members (excludes halogenated alkanes) is 7. The lowest BCUT2D eigenvalue weighted by Gasteiger charge is -2.18. The average Bonchev–Trinajstić information content (AvgIpc) is 3.22. The molecule has 2 rings (SSSR count). The van der Waals surface area contributed by atoms with Gasteiger partial charge in [-0.3, -0.25) is 0 Å². The van der Waals surface area contributed by atoms with Gasteiger partial charge in [-0.15, -0.1) is 0 Å². The number of carbonyl (C=O) groups is 1. The number of benzene rings is 1. The number of carbonyl (C=O) groups excluding carboxylic acids is 1. The molecule has 1 atom stereocenters. The topological polar surface area (TPSA) is 53.4 Å². The molecule has 0 saturated carbocycles. The second-order valence-electron chi connectivity index (χ2n) is 7.22. The Labute approximate surface area is 169 Å². The van der Waals surface area contributed by atoms with E-state index in [1.807, 2.05) is 18.2 Å². The van der Waals surface area contributed by atoms with Gasteiger partial charge in [-0.1, -0.05) is 82.2 Å². The summed E-state index contributed by atoms with van der Waals surface area (Å²) >= 11 is 0. The summed E-state index contributed by atoms with van der Waals surface area (Å²) < 4.78 is 12.7. The quantitative estimate of drug-likeness (QED) is 0.299. The zero-order valence-corrected chi connectivity index (χ0v) is 17.3. The normalized spacial score (nSPS) is 12.1. The van der Waals surface area contributed by atoms with Crippen molar-refractivity contribution in [2.75, 3.05) is 7.11 Å². The lowest BCUT2D eigenvalue weighted by Crippen LogP contribution is -2.14. The monoisotopic (exact) mass is 386 g/mol. The van der Waals surface area contributed by atoms with Crippen molar-refractivity contribution < 1.29 is 14.3 Å². The van der Waals surface area contributed by atoms with E-state index in [1.54, 1.807) is 17.1 Å². The average molecular weight is 387 g/mol. The van der Waals surface area contributed by atoms with E-state index in [-0.39, 0.29) is 12.2 Å². The van der Waals surface area contributed by atoms with Gasteiger partial charge in [0.1, 0.15) is 0 Å². The Morgan fingerprint density at radius 2 is 1.71 bits per heavy atom. The Balaban J connectivity index is 1.85. The largest absolute Gasteiger partial charge is 0.465 e. The molecule has 28 heavy (non-hydrogen) atoms. The first kappa shape index (κ1) is 22.2. The molecule has 5 heteroatoms. The van der Waals surface area contributed by atoms with E-state index in [9.17, 15) is 4.79 Å². The summed E-state index contributed by atoms with van der Waals surface area (Å²) in [6, 6.07) is 10.1. The highest BCUT2D eigenvalue weighted by Crippen LogP contribution is 2.21. The molecule has 0 amide bonds. The number of rotatable bonds is 14. The van der Waals surface area contributed by atoms with Crippen LogP contribution < -0.4 is 0 Å². The second-order valence-corrected chi connectivity index (χ2v) is 7.22. The fourth-order valence-corrected chi connectivity index (χ4v) is 3.23. The van der Waals surface area contributed by atoms with Gasteiger partial charge in [-0.05, 0) is 18.4 Å². The van der Waals surface area contributed by atoms with Crippen LogP contribution in [-0.4, -0.2) is 22.9 Å². The van der Waals surface area contributed by atoms with Gasteiger partial charge in [0.2, 0.25) is 0 Å². The van der Waals surface area contributed by atoms with Crippen molar-refractivity contribution in [1.82, 2.24) is 9.78 Å². The van der Waals surface area contributed by atoms with Crippen LogP contribution in [0.2, 0.25) is 0 Å². The lowest BCUT2D eigenvalue weighted by atomic mass is 10.1. The number of methoxy groups -OCH3 is 1. The summed E-state index contributed by atoms with van der Waals surface area (Å²) in [5.41, 5.74) is 1.58. The Kier molecular flexibility index (Phi) is 10.4. The van der Waals surface area contributed by atoms with E-state index in [4.69, 9.17) is 9.47 Å². The summed E-state index contributed by atoms with van der Waals surface area (Å²) in [5, 5.41) is 4.34. The van der Waals surface area contributed by atoms with Gasteiger partial charge in [0.15, 0.2) is 6.23 Å². The number of esters is 1. The van der Waals surface area contributed by atoms with Crippen LogP contribution in [0.25, 0.3) is 0 Å². The second kappa shape index (κ2) is 13.1. The molecule has 0 radical (unpaired) electrons. The van der Waals surface area contributed by atoms with Gasteiger partial charge in [0.25, 0.3) is 0 Å². The van der Waals surface area contributed by atoms with Gasteiger partial charge in [-0.25, -0.2) is 9.48 Å². The molecular formula is C23H34N2O3. The summed E-state index contributed by atoms with van der Waals surface area (Å²) in [7, 11) is 1.38. The molecule has 0 spiro atoms. The van der Waals surface area contributed by atoms with Crippen molar-refractivity contribution >= 4 is 5.97 Å². The maximum atomic E-state index is 11.7. The van der Waals surface area contributed by atoms with E-state index in [1.165, 1.54) is 52.1 Å². The molecule has 2 aromatic rings. The molecule has 0 aliphatic rings. The zero-order valence-electron chi connectivity index (χ0n) is 17.3. The highest BCUT2D eigenvalue weighted by atomic mass is 16.5. The van der Waals surface area contributed by atoms with Crippen LogP contribution in [0.5, 0.6) is 0 Å². The SMILES string of the molecule is CCCCCCCCCCC(OCc1ccccc1)n1cc(C(=O)OC)cn1. The number of hydrogen-bond acceptors (Lipinski definition) is 4.